The summed E-state index contributed by atoms with van der Waals surface area (Å²) >= 11 is 1.77. The number of amides is 2. The van der Waals surface area contributed by atoms with Crippen LogP contribution in [0.15, 0.2) is 42.7 Å². The molecule has 0 saturated heterocycles. The van der Waals surface area contributed by atoms with Crippen molar-refractivity contribution in [3.05, 3.63) is 42.7 Å². The molecule has 0 aliphatic heterocycles. The number of carbonyl (C=O) groups is 2. The summed E-state index contributed by atoms with van der Waals surface area (Å²) in [5, 5.41) is 9.56. The number of nitrogens with one attached hydrogen (secondary N) is 2. The number of carbonyl (C=O) groups excluding carboxylic acids is 2. The maximum absolute atomic E-state index is 11.9. The Morgan fingerprint density at radius 3 is 2.64 bits per heavy atom. The summed E-state index contributed by atoms with van der Waals surface area (Å²) < 4.78 is 1.74. The van der Waals surface area contributed by atoms with E-state index in [0.717, 1.165) is 17.2 Å². The molecule has 2 N–H and O–H groups in total. The summed E-state index contributed by atoms with van der Waals surface area (Å²) in [5.41, 5.74) is 1.60. The van der Waals surface area contributed by atoms with Gasteiger partial charge in [-0.1, -0.05) is 13.3 Å². The van der Waals surface area contributed by atoms with Crippen LogP contribution in [0.3, 0.4) is 0 Å². The van der Waals surface area contributed by atoms with Gasteiger partial charge in [-0.3, -0.25) is 9.59 Å². The minimum absolute atomic E-state index is 0.0145. The Kier molecular flexibility index (Phi) is 8.04. The molecule has 6 nitrogen and oxygen atoms in total. The number of rotatable bonds is 10. The predicted octanol–water partition coefficient (Wildman–Crippen LogP) is 2.85. The maximum atomic E-state index is 11.9. The lowest BCUT2D eigenvalue weighted by Crippen LogP contribution is -2.33. The van der Waals surface area contributed by atoms with Gasteiger partial charge in [0.25, 0.3) is 0 Å². The van der Waals surface area contributed by atoms with Crippen molar-refractivity contribution in [1.29, 1.82) is 0 Å². The van der Waals surface area contributed by atoms with Crippen molar-refractivity contribution >= 4 is 29.3 Å². The smallest absolute Gasteiger partial charge is 0.243 e. The highest BCUT2D eigenvalue weighted by molar-refractivity contribution is 7.99. The first-order valence-electron chi connectivity index (χ1n) is 8.43. The zero-order chi connectivity index (χ0) is 17.9. The second-order valence-corrected chi connectivity index (χ2v) is 6.76. The van der Waals surface area contributed by atoms with Crippen molar-refractivity contribution < 1.29 is 9.59 Å². The Bertz CT molecular complexity index is 656. The van der Waals surface area contributed by atoms with Crippen LogP contribution in [0, 0.1) is 0 Å². The van der Waals surface area contributed by atoms with Gasteiger partial charge in [-0.05, 0) is 42.5 Å². The highest BCUT2D eigenvalue weighted by Crippen LogP contribution is 2.12. The lowest BCUT2D eigenvalue weighted by molar-refractivity contribution is -0.123. The minimum atomic E-state index is -0.237. The first-order chi connectivity index (χ1) is 12.2. The number of hydrogen-bond donors (Lipinski definition) is 2. The summed E-state index contributed by atoms with van der Waals surface area (Å²) in [6, 6.07) is 9.20. The molecule has 1 heterocycles. The third-order valence-electron chi connectivity index (χ3n) is 3.48. The normalized spacial score (nSPS) is 10.4. The lowest BCUT2D eigenvalue weighted by Gasteiger charge is -2.08. The van der Waals surface area contributed by atoms with Gasteiger partial charge in [-0.2, -0.15) is 16.9 Å². The van der Waals surface area contributed by atoms with Crippen LogP contribution in [-0.2, 0) is 9.59 Å². The van der Waals surface area contributed by atoms with Gasteiger partial charge in [0.15, 0.2) is 0 Å². The summed E-state index contributed by atoms with van der Waals surface area (Å²) in [7, 11) is 0. The van der Waals surface area contributed by atoms with Crippen LogP contribution in [0.4, 0.5) is 5.69 Å². The maximum Gasteiger partial charge on any atom is 0.243 e. The standard InChI is InChI=1S/C18H24N4O2S/c1-2-3-12-25-13-9-17(23)19-14-18(24)21-15-5-7-16(8-6-15)22-11-4-10-20-22/h4-8,10-11H,2-3,9,12-14H2,1H3,(H,19,23)(H,21,24). The number of anilines is 1. The molecule has 134 valence electrons. The molecule has 7 heteroatoms. The van der Waals surface area contributed by atoms with E-state index in [2.05, 4.69) is 22.7 Å². The molecule has 2 rings (SSSR count). The van der Waals surface area contributed by atoms with Gasteiger partial charge in [0.2, 0.25) is 11.8 Å². The molecule has 0 fully saturated rings. The number of thioether (sulfide) groups is 1. The summed E-state index contributed by atoms with van der Waals surface area (Å²) in [4.78, 5) is 23.6. The molecule has 0 spiro atoms. The van der Waals surface area contributed by atoms with E-state index < -0.39 is 0 Å². The van der Waals surface area contributed by atoms with Crippen molar-refractivity contribution in [2.75, 3.05) is 23.4 Å². The van der Waals surface area contributed by atoms with Crippen molar-refractivity contribution in [2.45, 2.75) is 26.2 Å². The second-order valence-electron chi connectivity index (χ2n) is 5.54. The van der Waals surface area contributed by atoms with E-state index in [0.29, 0.717) is 12.1 Å². The number of benzene rings is 1. The van der Waals surface area contributed by atoms with E-state index in [4.69, 9.17) is 0 Å². The number of aromatic nitrogens is 2. The van der Waals surface area contributed by atoms with Gasteiger partial charge < -0.3 is 10.6 Å². The summed E-state index contributed by atoms with van der Waals surface area (Å²) in [6.45, 7) is 2.14. The Morgan fingerprint density at radius 2 is 1.96 bits per heavy atom. The molecule has 0 saturated carbocycles. The number of nitrogens with zero attached hydrogens (tertiary/aromatic N) is 2. The van der Waals surface area contributed by atoms with E-state index in [1.807, 2.05) is 24.4 Å². The van der Waals surface area contributed by atoms with Crippen LogP contribution < -0.4 is 10.6 Å². The highest BCUT2D eigenvalue weighted by atomic mass is 32.2. The van der Waals surface area contributed by atoms with E-state index in [1.54, 1.807) is 34.8 Å². The third-order valence-corrected chi connectivity index (χ3v) is 4.55. The van der Waals surface area contributed by atoms with Crippen LogP contribution in [0.1, 0.15) is 26.2 Å². The zero-order valence-electron chi connectivity index (χ0n) is 14.4. The number of hydrogen-bond acceptors (Lipinski definition) is 4. The fourth-order valence-corrected chi connectivity index (χ4v) is 3.13. The Hall–Kier alpha value is -2.28. The van der Waals surface area contributed by atoms with Gasteiger partial charge >= 0.3 is 0 Å². The van der Waals surface area contributed by atoms with Gasteiger partial charge in [0, 0.05) is 30.3 Å². The molecule has 2 amide bonds. The average molecular weight is 360 g/mol. The number of unbranched alkanes of at least 4 members (excludes halogenated alkanes) is 1. The van der Waals surface area contributed by atoms with Crippen LogP contribution >= 0.6 is 11.8 Å². The first kappa shape index (κ1) is 19.1. The SMILES string of the molecule is CCCCSCCC(=O)NCC(=O)Nc1ccc(-n2cccn2)cc1. The summed E-state index contributed by atoms with van der Waals surface area (Å²) in [6.07, 6.45) is 6.35. The summed E-state index contributed by atoms with van der Waals surface area (Å²) in [5.74, 6) is 1.55. The Morgan fingerprint density at radius 1 is 1.16 bits per heavy atom. The van der Waals surface area contributed by atoms with Gasteiger partial charge in [-0.15, -0.1) is 0 Å². The van der Waals surface area contributed by atoms with Gasteiger partial charge in [-0.25, -0.2) is 4.68 Å². The molecule has 2 aromatic rings. The largest absolute Gasteiger partial charge is 0.347 e. The third kappa shape index (κ3) is 7.01. The Labute approximate surface area is 152 Å². The fourth-order valence-electron chi connectivity index (χ4n) is 2.10. The molecular formula is C18H24N4O2S. The van der Waals surface area contributed by atoms with Crippen molar-refractivity contribution in [3.8, 4) is 5.69 Å². The van der Waals surface area contributed by atoms with Crippen LogP contribution in [0.25, 0.3) is 5.69 Å². The minimum Gasteiger partial charge on any atom is -0.347 e. The lowest BCUT2D eigenvalue weighted by atomic mass is 10.3. The van der Waals surface area contributed by atoms with Crippen molar-refractivity contribution in [3.63, 3.8) is 0 Å². The molecule has 0 aliphatic rings. The molecule has 1 aromatic heterocycles. The highest BCUT2D eigenvalue weighted by Gasteiger charge is 2.06. The molecule has 25 heavy (non-hydrogen) atoms. The fraction of sp³-hybridized carbons (Fsp3) is 0.389. The molecule has 0 radical (unpaired) electrons. The first-order valence-corrected chi connectivity index (χ1v) is 9.59. The average Bonchev–Trinajstić information content (AvgIpc) is 3.15. The zero-order valence-corrected chi connectivity index (χ0v) is 15.2. The van der Waals surface area contributed by atoms with E-state index >= 15 is 0 Å². The predicted molar refractivity (Wildman–Crippen MR) is 102 cm³/mol. The van der Waals surface area contributed by atoms with Crippen LogP contribution in [0.5, 0.6) is 0 Å². The van der Waals surface area contributed by atoms with E-state index in [-0.39, 0.29) is 18.4 Å². The van der Waals surface area contributed by atoms with Crippen molar-refractivity contribution in [1.82, 2.24) is 15.1 Å². The Balaban J connectivity index is 1.67. The molecule has 1 aromatic carbocycles. The second kappa shape index (κ2) is 10.6. The molecule has 0 aliphatic carbocycles. The van der Waals surface area contributed by atoms with Gasteiger partial charge in [0.05, 0.1) is 12.2 Å². The quantitative estimate of drug-likeness (QED) is 0.639. The van der Waals surface area contributed by atoms with Gasteiger partial charge in [0.1, 0.15) is 0 Å². The topological polar surface area (TPSA) is 76.0 Å². The monoisotopic (exact) mass is 360 g/mol. The van der Waals surface area contributed by atoms with E-state index in [9.17, 15) is 9.59 Å². The van der Waals surface area contributed by atoms with Crippen molar-refractivity contribution in [2.24, 2.45) is 0 Å². The molecular weight excluding hydrogens is 336 g/mol. The molecule has 0 bridgehead atoms. The van der Waals surface area contributed by atoms with Crippen LogP contribution in [0.2, 0.25) is 0 Å². The molecule has 0 atom stereocenters. The van der Waals surface area contributed by atoms with Crippen LogP contribution in [-0.4, -0.2) is 39.6 Å². The molecule has 0 unspecified atom stereocenters. The van der Waals surface area contributed by atoms with E-state index in [1.165, 1.54) is 12.8 Å².